The number of aromatic nitrogens is 2. The molecule has 0 unspecified atom stereocenters. The third kappa shape index (κ3) is 4.69. The maximum absolute atomic E-state index is 12.8. The number of benzene rings is 2. The largest absolute Gasteiger partial charge is 0.497 e. The van der Waals surface area contributed by atoms with Crippen molar-refractivity contribution >= 4 is 33.0 Å². The van der Waals surface area contributed by atoms with Crippen LogP contribution in [0.2, 0.25) is 5.02 Å². The molecule has 2 aromatic carbocycles. The van der Waals surface area contributed by atoms with E-state index >= 15 is 0 Å². The van der Waals surface area contributed by atoms with Crippen molar-refractivity contribution in [3.05, 3.63) is 75.5 Å². The number of carbonyl (C=O) groups excluding carboxylic acids is 1. The Bertz CT molecular complexity index is 1250. The van der Waals surface area contributed by atoms with E-state index in [0.29, 0.717) is 16.5 Å². The Balaban J connectivity index is 1.86. The third-order valence-electron chi connectivity index (χ3n) is 4.25. The molecule has 0 spiro atoms. The second-order valence-electron chi connectivity index (χ2n) is 6.35. The lowest BCUT2D eigenvalue weighted by Crippen LogP contribution is -2.30. The molecule has 3 aromatic rings. The summed E-state index contributed by atoms with van der Waals surface area (Å²) in [5, 5.41) is 6.62. The van der Waals surface area contributed by atoms with Gasteiger partial charge in [0, 0.05) is 16.8 Å². The number of aryl methyl sites for hydroxylation is 1. The summed E-state index contributed by atoms with van der Waals surface area (Å²) in [6, 6.07) is 12.9. The molecule has 0 saturated carbocycles. The Morgan fingerprint density at radius 1 is 1.13 bits per heavy atom. The Labute approximate surface area is 178 Å². The number of hydrogen-bond donors (Lipinski definition) is 1. The number of sulfone groups is 1. The normalized spacial score (nSPS) is 11.2. The number of carbonyl (C=O) groups is 1. The van der Waals surface area contributed by atoms with Gasteiger partial charge < -0.3 is 10.1 Å². The third-order valence-corrected chi connectivity index (χ3v) is 6.15. The van der Waals surface area contributed by atoms with Crippen LogP contribution < -0.4 is 15.6 Å². The van der Waals surface area contributed by atoms with Crippen LogP contribution in [0.15, 0.2) is 69.3 Å². The molecule has 10 heteroatoms. The van der Waals surface area contributed by atoms with Gasteiger partial charge in [-0.25, -0.2) is 13.1 Å². The molecular weight excluding hydrogens is 430 g/mol. The molecule has 8 nitrogen and oxygen atoms in total. The summed E-state index contributed by atoms with van der Waals surface area (Å²) in [7, 11) is -2.52. The van der Waals surface area contributed by atoms with E-state index < -0.39 is 27.8 Å². The topological polar surface area (TPSA) is 107 Å². The number of hydrogen-bond acceptors (Lipinski definition) is 6. The Morgan fingerprint density at radius 2 is 1.83 bits per heavy atom. The van der Waals surface area contributed by atoms with Crippen molar-refractivity contribution in [2.45, 2.75) is 23.4 Å². The second-order valence-corrected chi connectivity index (χ2v) is 8.69. The van der Waals surface area contributed by atoms with Crippen LogP contribution in [0, 0.1) is 6.92 Å². The molecule has 0 radical (unpaired) electrons. The molecule has 0 aliphatic rings. The van der Waals surface area contributed by atoms with Gasteiger partial charge in [-0.1, -0.05) is 17.7 Å². The zero-order valence-electron chi connectivity index (χ0n) is 16.1. The number of nitrogens with zero attached hydrogens (tertiary/aromatic N) is 2. The van der Waals surface area contributed by atoms with Gasteiger partial charge in [0.1, 0.15) is 12.3 Å². The average molecular weight is 448 g/mol. The van der Waals surface area contributed by atoms with Crippen molar-refractivity contribution < 1.29 is 17.9 Å². The number of nitrogens with one attached hydrogen (secondary N) is 1. The number of anilines is 1. The Hall–Kier alpha value is -3.17. The summed E-state index contributed by atoms with van der Waals surface area (Å²) in [4.78, 5) is 24.5. The molecule has 1 heterocycles. The van der Waals surface area contributed by atoms with Gasteiger partial charge in [-0.3, -0.25) is 9.59 Å². The summed E-state index contributed by atoms with van der Waals surface area (Å²) in [6.07, 6.45) is 0. The molecule has 0 aliphatic carbocycles. The van der Waals surface area contributed by atoms with Gasteiger partial charge in [0.25, 0.3) is 5.56 Å². The van der Waals surface area contributed by atoms with Crippen LogP contribution in [-0.2, 0) is 21.2 Å². The molecule has 1 aromatic heterocycles. The highest BCUT2D eigenvalue weighted by molar-refractivity contribution is 7.91. The van der Waals surface area contributed by atoms with Crippen LogP contribution in [0.25, 0.3) is 0 Å². The first kappa shape index (κ1) is 21.5. The molecule has 1 N–H and O–H groups in total. The first-order valence-electron chi connectivity index (χ1n) is 8.74. The van der Waals surface area contributed by atoms with E-state index in [0.717, 1.165) is 22.4 Å². The Kier molecular flexibility index (Phi) is 6.23. The number of amides is 1. The zero-order chi connectivity index (χ0) is 21.9. The first-order valence-corrected chi connectivity index (χ1v) is 10.6. The van der Waals surface area contributed by atoms with Crippen molar-refractivity contribution in [1.29, 1.82) is 0 Å². The summed E-state index contributed by atoms with van der Waals surface area (Å²) in [6.45, 7) is 1.33. The van der Waals surface area contributed by atoms with E-state index in [4.69, 9.17) is 16.3 Å². The minimum atomic E-state index is -3.99. The van der Waals surface area contributed by atoms with Crippen molar-refractivity contribution in [2.75, 3.05) is 12.4 Å². The van der Waals surface area contributed by atoms with E-state index in [-0.39, 0.29) is 9.92 Å². The van der Waals surface area contributed by atoms with Gasteiger partial charge in [-0.05, 0) is 55.0 Å². The molecule has 0 saturated heterocycles. The lowest BCUT2D eigenvalue weighted by molar-refractivity contribution is -0.117. The smallest absolute Gasteiger partial charge is 0.267 e. The standard InChI is InChI=1S/C20H18ClN3O5S/c1-13-3-4-14(21)11-17(13)22-18(25)12-24-20(26)10-9-19(23-24)30(27,28)16-7-5-15(29-2)6-8-16/h3-11H,12H2,1-2H3,(H,22,25). The molecular formula is C20H18ClN3O5S. The van der Waals surface area contributed by atoms with Gasteiger partial charge in [0.2, 0.25) is 15.7 Å². The number of halogens is 1. The quantitative estimate of drug-likeness (QED) is 0.622. The van der Waals surface area contributed by atoms with Crippen LogP contribution in [0.5, 0.6) is 5.75 Å². The highest BCUT2D eigenvalue weighted by atomic mass is 35.5. The van der Waals surface area contributed by atoms with Crippen LogP contribution >= 0.6 is 11.6 Å². The lowest BCUT2D eigenvalue weighted by atomic mass is 10.2. The van der Waals surface area contributed by atoms with E-state index in [1.807, 2.05) is 0 Å². The second kappa shape index (κ2) is 8.68. The van der Waals surface area contributed by atoms with Crippen molar-refractivity contribution in [1.82, 2.24) is 9.78 Å². The van der Waals surface area contributed by atoms with Crippen molar-refractivity contribution in [3.63, 3.8) is 0 Å². The summed E-state index contributed by atoms with van der Waals surface area (Å²) in [5.74, 6) is -0.0474. The molecule has 0 aliphatic heterocycles. The van der Waals surface area contributed by atoms with E-state index in [1.165, 1.54) is 31.4 Å². The highest BCUT2D eigenvalue weighted by Gasteiger charge is 2.21. The SMILES string of the molecule is COc1ccc(S(=O)(=O)c2ccc(=O)n(CC(=O)Nc3cc(Cl)ccc3C)n2)cc1. The molecule has 3 rings (SSSR count). The maximum Gasteiger partial charge on any atom is 0.267 e. The fraction of sp³-hybridized carbons (Fsp3) is 0.150. The zero-order valence-corrected chi connectivity index (χ0v) is 17.7. The van der Waals surface area contributed by atoms with Gasteiger partial charge in [-0.2, -0.15) is 5.10 Å². The van der Waals surface area contributed by atoms with E-state index in [1.54, 1.807) is 25.1 Å². The van der Waals surface area contributed by atoms with Gasteiger partial charge >= 0.3 is 0 Å². The molecule has 0 fully saturated rings. The minimum absolute atomic E-state index is 0.0139. The average Bonchev–Trinajstić information content (AvgIpc) is 2.72. The summed E-state index contributed by atoms with van der Waals surface area (Å²) in [5.41, 5.74) is 0.660. The lowest BCUT2D eigenvalue weighted by Gasteiger charge is -2.11. The van der Waals surface area contributed by atoms with Crippen molar-refractivity contribution in [3.8, 4) is 5.75 Å². The van der Waals surface area contributed by atoms with E-state index in [9.17, 15) is 18.0 Å². The highest BCUT2D eigenvalue weighted by Crippen LogP contribution is 2.22. The van der Waals surface area contributed by atoms with Crippen molar-refractivity contribution in [2.24, 2.45) is 0 Å². The maximum atomic E-state index is 12.8. The van der Waals surface area contributed by atoms with Gasteiger partial charge in [-0.15, -0.1) is 0 Å². The molecule has 0 atom stereocenters. The summed E-state index contributed by atoms with van der Waals surface area (Å²) < 4.78 is 31.5. The first-order chi connectivity index (χ1) is 14.2. The monoisotopic (exact) mass is 447 g/mol. The molecule has 1 amide bonds. The predicted molar refractivity (Wildman–Crippen MR) is 112 cm³/mol. The van der Waals surface area contributed by atoms with Crippen LogP contribution in [0.4, 0.5) is 5.69 Å². The fourth-order valence-electron chi connectivity index (χ4n) is 2.62. The summed E-state index contributed by atoms with van der Waals surface area (Å²) >= 11 is 5.94. The molecule has 30 heavy (non-hydrogen) atoms. The van der Waals surface area contributed by atoms with Crippen LogP contribution in [0.1, 0.15) is 5.56 Å². The van der Waals surface area contributed by atoms with Gasteiger partial charge in [0.15, 0.2) is 5.03 Å². The number of methoxy groups -OCH3 is 1. The molecule has 156 valence electrons. The predicted octanol–water partition coefficient (Wildman–Crippen LogP) is 2.69. The fourth-order valence-corrected chi connectivity index (χ4v) is 3.98. The molecule has 0 bridgehead atoms. The Morgan fingerprint density at radius 3 is 2.50 bits per heavy atom. The minimum Gasteiger partial charge on any atom is -0.497 e. The van der Waals surface area contributed by atoms with Gasteiger partial charge in [0.05, 0.1) is 12.0 Å². The number of ether oxygens (including phenoxy) is 1. The van der Waals surface area contributed by atoms with E-state index in [2.05, 4.69) is 10.4 Å². The number of rotatable bonds is 6. The van der Waals surface area contributed by atoms with Crippen LogP contribution in [-0.4, -0.2) is 31.2 Å². The van der Waals surface area contributed by atoms with Crippen LogP contribution in [0.3, 0.4) is 0 Å².